The number of hydrogen-bond donors (Lipinski definition) is 2. The van der Waals surface area contributed by atoms with Crippen LogP contribution in [0.15, 0.2) is 30.3 Å². The lowest BCUT2D eigenvalue weighted by atomic mass is 10.1. The molecule has 0 saturated carbocycles. The van der Waals surface area contributed by atoms with Crippen LogP contribution in [0.4, 0.5) is 4.79 Å². The molecule has 18 heavy (non-hydrogen) atoms. The molecule has 1 atom stereocenters. The van der Waals surface area contributed by atoms with Crippen molar-refractivity contribution >= 4 is 12.0 Å². The fourth-order valence-electron chi connectivity index (χ4n) is 1.55. The Labute approximate surface area is 104 Å². The molecule has 1 fully saturated rings. The third kappa shape index (κ3) is 2.98. The summed E-state index contributed by atoms with van der Waals surface area (Å²) >= 11 is 0. The van der Waals surface area contributed by atoms with E-state index in [1.165, 1.54) is 0 Å². The van der Waals surface area contributed by atoms with Crippen LogP contribution in [0, 0.1) is 0 Å². The summed E-state index contributed by atoms with van der Waals surface area (Å²) in [6.45, 7) is 0.778. The topological polar surface area (TPSA) is 90.7 Å². The van der Waals surface area contributed by atoms with Gasteiger partial charge in [0.25, 0.3) is 0 Å². The van der Waals surface area contributed by atoms with Crippen molar-refractivity contribution in [3.8, 4) is 0 Å². The van der Waals surface area contributed by atoms with Crippen LogP contribution in [0.1, 0.15) is 11.6 Å². The van der Waals surface area contributed by atoms with Crippen LogP contribution in [-0.4, -0.2) is 31.3 Å². The van der Waals surface area contributed by atoms with Crippen LogP contribution in [0.5, 0.6) is 0 Å². The van der Waals surface area contributed by atoms with E-state index in [1.807, 2.05) is 6.07 Å². The van der Waals surface area contributed by atoms with Gasteiger partial charge in [0.1, 0.15) is 6.04 Å². The van der Waals surface area contributed by atoms with Crippen molar-refractivity contribution in [1.29, 1.82) is 0 Å². The molecule has 2 amide bonds. The molecule has 6 heteroatoms. The number of ether oxygens (including phenoxy) is 2. The number of nitrogens with one attached hydrogen (secondary N) is 1. The summed E-state index contributed by atoms with van der Waals surface area (Å²) in [5, 5.41) is 2.44. The first-order valence-corrected chi connectivity index (χ1v) is 5.56. The van der Waals surface area contributed by atoms with E-state index in [4.69, 9.17) is 15.2 Å². The number of carbonyl (C=O) groups is 2. The number of alkyl carbamates (subject to hydrolysis) is 1. The van der Waals surface area contributed by atoms with Gasteiger partial charge >= 0.3 is 6.09 Å². The van der Waals surface area contributed by atoms with E-state index in [0.29, 0.717) is 18.8 Å². The Morgan fingerprint density at radius 3 is 2.50 bits per heavy atom. The molecule has 3 N–H and O–H groups in total. The van der Waals surface area contributed by atoms with E-state index in [2.05, 4.69) is 5.32 Å². The number of nitrogens with two attached hydrogens (primary N) is 1. The second-order valence-corrected chi connectivity index (χ2v) is 3.96. The number of primary amides is 1. The fraction of sp³-hybridized carbons (Fsp3) is 0.333. The lowest BCUT2D eigenvalue weighted by Gasteiger charge is -2.26. The van der Waals surface area contributed by atoms with Crippen LogP contribution < -0.4 is 11.1 Å². The van der Waals surface area contributed by atoms with Gasteiger partial charge in [0, 0.05) is 0 Å². The molecule has 0 radical (unpaired) electrons. The number of hydrogen-bond acceptors (Lipinski definition) is 4. The zero-order valence-electron chi connectivity index (χ0n) is 9.67. The van der Waals surface area contributed by atoms with Gasteiger partial charge in [0.2, 0.25) is 5.91 Å². The van der Waals surface area contributed by atoms with Crippen molar-refractivity contribution in [2.45, 2.75) is 12.1 Å². The molecule has 1 unspecified atom stereocenters. The lowest BCUT2D eigenvalue weighted by molar-refractivity contribution is -0.120. The molecule has 0 bridgehead atoms. The molecule has 0 aromatic heterocycles. The highest BCUT2D eigenvalue weighted by Crippen LogP contribution is 2.13. The third-order valence-electron chi connectivity index (χ3n) is 2.56. The van der Waals surface area contributed by atoms with Crippen LogP contribution >= 0.6 is 0 Å². The van der Waals surface area contributed by atoms with E-state index < -0.39 is 18.0 Å². The minimum Gasteiger partial charge on any atom is -0.441 e. The van der Waals surface area contributed by atoms with Gasteiger partial charge in [-0.1, -0.05) is 30.3 Å². The van der Waals surface area contributed by atoms with Crippen molar-refractivity contribution in [2.75, 3.05) is 13.2 Å². The fourth-order valence-corrected chi connectivity index (χ4v) is 1.55. The van der Waals surface area contributed by atoms with Crippen LogP contribution in [0.2, 0.25) is 0 Å². The number of carbonyl (C=O) groups excluding carboxylic acids is 2. The maximum absolute atomic E-state index is 11.5. The van der Waals surface area contributed by atoms with Gasteiger partial charge in [0.15, 0.2) is 6.10 Å². The second kappa shape index (κ2) is 5.50. The predicted molar refractivity (Wildman–Crippen MR) is 62.6 cm³/mol. The van der Waals surface area contributed by atoms with Gasteiger partial charge in [-0.3, -0.25) is 4.79 Å². The Kier molecular flexibility index (Phi) is 3.78. The van der Waals surface area contributed by atoms with Crippen LogP contribution in [0.3, 0.4) is 0 Å². The van der Waals surface area contributed by atoms with Gasteiger partial charge < -0.3 is 20.5 Å². The summed E-state index contributed by atoms with van der Waals surface area (Å²) in [4.78, 5) is 22.9. The minimum absolute atomic E-state index is 0.241. The highest BCUT2D eigenvalue weighted by molar-refractivity contribution is 5.85. The van der Waals surface area contributed by atoms with Gasteiger partial charge in [-0.25, -0.2) is 4.79 Å². The van der Waals surface area contributed by atoms with E-state index >= 15 is 0 Å². The Balaban J connectivity index is 1.98. The minimum atomic E-state index is -0.889. The first-order chi connectivity index (χ1) is 8.66. The molecular formula is C12H14N2O4. The predicted octanol–water partition coefficient (Wildman–Crippen LogP) is 0.338. The maximum atomic E-state index is 11.5. The average molecular weight is 250 g/mol. The summed E-state index contributed by atoms with van der Waals surface area (Å²) in [5.74, 6) is -0.636. The molecule has 0 aliphatic carbocycles. The second-order valence-electron chi connectivity index (χ2n) is 3.96. The summed E-state index contributed by atoms with van der Waals surface area (Å²) in [5.41, 5.74) is 5.88. The molecule has 2 rings (SSSR count). The monoisotopic (exact) mass is 250 g/mol. The molecule has 1 aliphatic heterocycles. The molecular weight excluding hydrogens is 236 g/mol. The SMILES string of the molecule is NC(=O)C(NC(=O)OC1COC1)c1ccccc1. The highest BCUT2D eigenvalue weighted by atomic mass is 16.6. The first-order valence-electron chi connectivity index (χ1n) is 5.56. The van der Waals surface area contributed by atoms with Gasteiger partial charge in [-0.15, -0.1) is 0 Å². The highest BCUT2D eigenvalue weighted by Gasteiger charge is 2.26. The molecule has 96 valence electrons. The molecule has 1 aromatic carbocycles. The number of benzene rings is 1. The van der Waals surface area contributed by atoms with Crippen LogP contribution in [0.25, 0.3) is 0 Å². The van der Waals surface area contributed by atoms with Crippen LogP contribution in [-0.2, 0) is 14.3 Å². The molecule has 1 heterocycles. The Hall–Kier alpha value is -2.08. The van der Waals surface area contributed by atoms with Crippen molar-refractivity contribution in [2.24, 2.45) is 5.73 Å². The summed E-state index contributed by atoms with van der Waals surface area (Å²) < 4.78 is 9.88. The largest absolute Gasteiger partial charge is 0.441 e. The molecule has 1 aromatic rings. The zero-order chi connectivity index (χ0) is 13.0. The van der Waals surface area contributed by atoms with E-state index in [9.17, 15) is 9.59 Å². The maximum Gasteiger partial charge on any atom is 0.408 e. The van der Waals surface area contributed by atoms with Crippen molar-refractivity contribution in [3.63, 3.8) is 0 Å². The summed E-state index contributed by atoms with van der Waals surface area (Å²) in [6.07, 6.45) is -0.912. The zero-order valence-corrected chi connectivity index (χ0v) is 9.67. The summed E-state index contributed by atoms with van der Waals surface area (Å²) in [6, 6.07) is 7.87. The smallest absolute Gasteiger partial charge is 0.408 e. The molecule has 1 aliphatic rings. The summed E-state index contributed by atoms with van der Waals surface area (Å²) in [7, 11) is 0. The van der Waals surface area contributed by atoms with Crippen molar-refractivity contribution in [3.05, 3.63) is 35.9 Å². The number of rotatable bonds is 4. The van der Waals surface area contributed by atoms with E-state index in [-0.39, 0.29) is 6.10 Å². The van der Waals surface area contributed by atoms with Crippen molar-refractivity contribution in [1.82, 2.24) is 5.32 Å². The normalized spacial score (nSPS) is 16.4. The van der Waals surface area contributed by atoms with Crippen molar-refractivity contribution < 1.29 is 19.1 Å². The van der Waals surface area contributed by atoms with E-state index in [1.54, 1.807) is 24.3 Å². The molecule has 1 saturated heterocycles. The lowest BCUT2D eigenvalue weighted by Crippen LogP contribution is -2.44. The van der Waals surface area contributed by atoms with Gasteiger partial charge in [0.05, 0.1) is 13.2 Å². The first kappa shape index (κ1) is 12.4. The van der Waals surface area contributed by atoms with E-state index in [0.717, 1.165) is 0 Å². The third-order valence-corrected chi connectivity index (χ3v) is 2.56. The van der Waals surface area contributed by atoms with Gasteiger partial charge in [-0.05, 0) is 5.56 Å². The molecule has 6 nitrogen and oxygen atoms in total. The Morgan fingerprint density at radius 1 is 1.33 bits per heavy atom. The Bertz CT molecular complexity index is 431. The van der Waals surface area contributed by atoms with Gasteiger partial charge in [-0.2, -0.15) is 0 Å². The average Bonchev–Trinajstić information content (AvgIpc) is 2.31. The Morgan fingerprint density at radius 2 is 2.00 bits per heavy atom. The molecule has 0 spiro atoms. The quantitative estimate of drug-likeness (QED) is 0.806. The number of amides is 2. The standard InChI is InChI=1S/C12H14N2O4/c13-11(15)10(8-4-2-1-3-5-8)14-12(16)18-9-6-17-7-9/h1-5,9-10H,6-7H2,(H2,13,15)(H,14,16).